The molecule has 1 N–H and O–H groups in total. The van der Waals surface area contributed by atoms with Crippen LogP contribution in [0.3, 0.4) is 0 Å². The van der Waals surface area contributed by atoms with Crippen molar-refractivity contribution in [2.45, 2.75) is 36.0 Å². The zero-order chi connectivity index (χ0) is 9.92. The number of carboxylic acids is 1. The van der Waals surface area contributed by atoms with Gasteiger partial charge < -0.3 is 5.11 Å². The number of hydrogen-bond acceptors (Lipinski definition) is 1. The maximum atomic E-state index is 11.5. The van der Waals surface area contributed by atoms with E-state index in [1.165, 1.54) is 19.3 Å². The highest BCUT2D eigenvalue weighted by atomic mass is 127. The average molecular weight is 306 g/mol. The number of hydrogen-bond donors (Lipinski definition) is 1. The van der Waals surface area contributed by atoms with Crippen molar-refractivity contribution in [1.82, 2.24) is 0 Å². The highest BCUT2D eigenvalue weighted by Crippen LogP contribution is 2.62. The average Bonchev–Trinajstić information content (AvgIpc) is 2.12. The number of halogens is 1. The van der Waals surface area contributed by atoms with Crippen molar-refractivity contribution in [3.63, 3.8) is 0 Å². The largest absolute Gasteiger partial charge is 0.481 e. The van der Waals surface area contributed by atoms with E-state index in [0.29, 0.717) is 9.84 Å². The molecule has 2 nitrogen and oxygen atoms in total. The minimum absolute atomic E-state index is 0.338. The van der Waals surface area contributed by atoms with E-state index in [4.69, 9.17) is 0 Å². The Bertz CT molecular complexity index is 275. The van der Waals surface area contributed by atoms with E-state index in [1.54, 1.807) is 0 Å². The Kier molecular flexibility index (Phi) is 1.93. The number of rotatable bonds is 1. The summed E-state index contributed by atoms with van der Waals surface area (Å²) in [5.41, 5.74) is -0.338. The van der Waals surface area contributed by atoms with Crippen LogP contribution in [-0.4, -0.2) is 15.0 Å². The maximum Gasteiger partial charge on any atom is 0.310 e. The Morgan fingerprint density at radius 2 is 1.79 bits per heavy atom. The van der Waals surface area contributed by atoms with Crippen molar-refractivity contribution in [1.29, 1.82) is 0 Å². The second-order valence-corrected chi connectivity index (χ2v) is 6.81. The Hall–Kier alpha value is 0.200. The molecule has 0 aromatic rings. The minimum atomic E-state index is -0.518. The molecule has 0 unspecified atom stereocenters. The number of aliphatic carboxylic acids is 1. The van der Waals surface area contributed by atoms with Gasteiger partial charge in [0.15, 0.2) is 0 Å². The van der Waals surface area contributed by atoms with Gasteiger partial charge in [-0.15, -0.1) is 0 Å². The molecule has 4 saturated carbocycles. The standard InChI is InChI=1S/C11H15IO2/c12-9-8-2-6-1-7(3-8)5-11(9,4-6)10(13)14/h6-9H,1-5H2,(H,13,14)/t6-,7-,8?,9+,11?/m0/s1. The van der Waals surface area contributed by atoms with E-state index in [2.05, 4.69) is 22.6 Å². The predicted octanol–water partition coefficient (Wildman–Crippen LogP) is 2.70. The second kappa shape index (κ2) is 2.86. The first-order chi connectivity index (χ1) is 6.62. The van der Waals surface area contributed by atoms with Gasteiger partial charge >= 0.3 is 5.97 Å². The van der Waals surface area contributed by atoms with Gasteiger partial charge in [0, 0.05) is 3.92 Å². The van der Waals surface area contributed by atoms with Crippen molar-refractivity contribution in [2.24, 2.45) is 23.2 Å². The fourth-order valence-corrected chi connectivity index (χ4v) is 5.63. The van der Waals surface area contributed by atoms with Gasteiger partial charge in [0.1, 0.15) is 0 Å². The number of alkyl halides is 1. The quantitative estimate of drug-likeness (QED) is 0.597. The van der Waals surface area contributed by atoms with Crippen LogP contribution in [-0.2, 0) is 4.79 Å². The third kappa shape index (κ3) is 1.05. The van der Waals surface area contributed by atoms with Crippen molar-refractivity contribution in [2.75, 3.05) is 0 Å². The molecule has 0 aromatic heterocycles. The van der Waals surface area contributed by atoms with Crippen LogP contribution in [0.1, 0.15) is 32.1 Å². The summed E-state index contributed by atoms with van der Waals surface area (Å²) in [6, 6.07) is 0. The molecule has 0 radical (unpaired) electrons. The summed E-state index contributed by atoms with van der Waals surface area (Å²) >= 11 is 2.41. The molecule has 3 heteroatoms. The van der Waals surface area contributed by atoms with Gasteiger partial charge in [0.05, 0.1) is 5.41 Å². The second-order valence-electron chi connectivity index (χ2n) is 5.47. The molecule has 0 saturated heterocycles. The maximum absolute atomic E-state index is 11.5. The molecule has 14 heavy (non-hydrogen) atoms. The monoisotopic (exact) mass is 306 g/mol. The molecule has 0 heterocycles. The SMILES string of the molecule is O=C(O)C12C[C@@H]3CC(C[C@H](C3)C1)[C@H]2I. The molecule has 78 valence electrons. The first kappa shape index (κ1) is 9.43. The van der Waals surface area contributed by atoms with Crippen molar-refractivity contribution in [3.8, 4) is 0 Å². The van der Waals surface area contributed by atoms with Gasteiger partial charge in [-0.25, -0.2) is 0 Å². The molecule has 0 aliphatic heterocycles. The molecular weight excluding hydrogens is 291 g/mol. The van der Waals surface area contributed by atoms with Crippen molar-refractivity contribution >= 4 is 28.6 Å². The van der Waals surface area contributed by atoms with Crippen LogP contribution in [0.25, 0.3) is 0 Å². The summed E-state index contributed by atoms with van der Waals surface area (Å²) in [6.45, 7) is 0. The fraction of sp³-hybridized carbons (Fsp3) is 0.909. The molecule has 0 aromatic carbocycles. The lowest BCUT2D eigenvalue weighted by atomic mass is 9.49. The first-order valence-electron chi connectivity index (χ1n) is 5.49. The van der Waals surface area contributed by atoms with Gasteiger partial charge in [0.25, 0.3) is 0 Å². The molecular formula is C11H15IO2. The van der Waals surface area contributed by atoms with Crippen LogP contribution in [0.5, 0.6) is 0 Å². The molecule has 0 spiro atoms. The van der Waals surface area contributed by atoms with Crippen molar-refractivity contribution < 1.29 is 9.90 Å². The normalized spacial score (nSPS) is 54.9. The van der Waals surface area contributed by atoms with E-state index in [9.17, 15) is 9.90 Å². The van der Waals surface area contributed by atoms with Crippen LogP contribution in [0.15, 0.2) is 0 Å². The number of carboxylic acid groups (broad SMARTS) is 1. The molecule has 4 aliphatic rings. The van der Waals surface area contributed by atoms with Crippen LogP contribution in [0.4, 0.5) is 0 Å². The Morgan fingerprint density at radius 1 is 1.21 bits per heavy atom. The molecule has 4 fully saturated rings. The van der Waals surface area contributed by atoms with Crippen molar-refractivity contribution in [3.05, 3.63) is 0 Å². The summed E-state index contributed by atoms with van der Waals surface area (Å²) in [4.78, 5) is 11.5. The van der Waals surface area contributed by atoms with E-state index in [0.717, 1.165) is 24.7 Å². The van der Waals surface area contributed by atoms with Gasteiger partial charge in [-0.3, -0.25) is 4.79 Å². The summed E-state index contributed by atoms with van der Waals surface area (Å²) in [5, 5.41) is 9.44. The van der Waals surface area contributed by atoms with Crippen LogP contribution < -0.4 is 0 Å². The van der Waals surface area contributed by atoms with Gasteiger partial charge in [-0.2, -0.15) is 0 Å². The summed E-state index contributed by atoms with van der Waals surface area (Å²) in [7, 11) is 0. The minimum Gasteiger partial charge on any atom is -0.481 e. The molecule has 4 rings (SSSR count). The van der Waals surface area contributed by atoms with Crippen LogP contribution in [0, 0.1) is 23.2 Å². The molecule has 0 amide bonds. The predicted molar refractivity (Wildman–Crippen MR) is 61.4 cm³/mol. The zero-order valence-corrected chi connectivity index (χ0v) is 10.2. The Morgan fingerprint density at radius 3 is 2.29 bits per heavy atom. The van der Waals surface area contributed by atoms with Crippen LogP contribution in [0.2, 0.25) is 0 Å². The molecule has 4 aliphatic carbocycles. The third-order valence-corrected chi connectivity index (χ3v) is 6.82. The van der Waals surface area contributed by atoms with E-state index in [1.807, 2.05) is 0 Å². The summed E-state index contributed by atoms with van der Waals surface area (Å²) in [6.07, 6.45) is 5.85. The van der Waals surface area contributed by atoms with Gasteiger partial charge in [0.2, 0.25) is 0 Å². The fourth-order valence-electron chi connectivity index (χ4n) is 4.27. The van der Waals surface area contributed by atoms with E-state index in [-0.39, 0.29) is 5.41 Å². The molecule has 4 bridgehead atoms. The smallest absolute Gasteiger partial charge is 0.310 e. The zero-order valence-electron chi connectivity index (χ0n) is 8.08. The lowest BCUT2D eigenvalue weighted by molar-refractivity contribution is -0.162. The molecule has 3 atom stereocenters. The van der Waals surface area contributed by atoms with E-state index < -0.39 is 5.97 Å². The first-order valence-corrected chi connectivity index (χ1v) is 6.74. The van der Waals surface area contributed by atoms with Gasteiger partial charge in [-0.1, -0.05) is 22.6 Å². The Labute approximate surface area is 97.6 Å². The highest BCUT2D eigenvalue weighted by molar-refractivity contribution is 14.1. The topological polar surface area (TPSA) is 37.3 Å². The highest BCUT2D eigenvalue weighted by Gasteiger charge is 2.59. The third-order valence-electron chi connectivity index (χ3n) is 4.61. The number of carbonyl (C=O) groups is 1. The van der Waals surface area contributed by atoms with Gasteiger partial charge in [-0.05, 0) is 49.9 Å². The summed E-state index contributed by atoms with van der Waals surface area (Å²) in [5.74, 6) is 1.65. The Balaban J connectivity index is 2.01. The van der Waals surface area contributed by atoms with Crippen LogP contribution >= 0.6 is 22.6 Å². The summed E-state index contributed by atoms with van der Waals surface area (Å²) < 4.78 is 0.394. The lowest BCUT2D eigenvalue weighted by Gasteiger charge is -2.57. The lowest BCUT2D eigenvalue weighted by Crippen LogP contribution is -2.57. The van der Waals surface area contributed by atoms with E-state index >= 15 is 0 Å².